The van der Waals surface area contributed by atoms with Crippen molar-refractivity contribution in [3.63, 3.8) is 0 Å². The maximum absolute atomic E-state index is 5.74. The van der Waals surface area contributed by atoms with Crippen molar-refractivity contribution in [2.45, 2.75) is 25.7 Å². The third-order valence-electron chi connectivity index (χ3n) is 4.47. The molecule has 1 N–H and O–H groups in total. The van der Waals surface area contributed by atoms with Gasteiger partial charge in [-0.25, -0.2) is 0 Å². The van der Waals surface area contributed by atoms with Crippen molar-refractivity contribution in [1.29, 1.82) is 0 Å². The third-order valence-corrected chi connectivity index (χ3v) is 4.47. The van der Waals surface area contributed by atoms with Crippen LogP contribution in [0.1, 0.15) is 25.7 Å². The van der Waals surface area contributed by atoms with Gasteiger partial charge in [0, 0.05) is 44.9 Å². The maximum Gasteiger partial charge on any atom is 0.0546 e. The first-order valence-corrected chi connectivity index (χ1v) is 7.73. The van der Waals surface area contributed by atoms with Crippen molar-refractivity contribution in [3.8, 4) is 0 Å². The number of hydrogen-bond donors (Lipinski definition) is 1. The van der Waals surface area contributed by atoms with E-state index in [1.807, 2.05) is 0 Å². The summed E-state index contributed by atoms with van der Waals surface area (Å²) in [6.45, 7) is 7.15. The minimum absolute atomic E-state index is 0.312. The molecule has 0 aliphatic carbocycles. The van der Waals surface area contributed by atoms with E-state index >= 15 is 0 Å². The smallest absolute Gasteiger partial charge is 0.0546 e. The zero-order valence-corrected chi connectivity index (χ0v) is 12.6. The molecular weight excluding hydrogens is 240 g/mol. The van der Waals surface area contributed by atoms with E-state index < -0.39 is 0 Å². The van der Waals surface area contributed by atoms with Gasteiger partial charge in [0.05, 0.1) is 6.61 Å². The topological polar surface area (TPSA) is 33.7 Å². The SMILES string of the molecule is CNCC1(CN(C)CC2CCOCC2)CCCOC1. The van der Waals surface area contributed by atoms with Crippen LogP contribution in [0.25, 0.3) is 0 Å². The van der Waals surface area contributed by atoms with Crippen molar-refractivity contribution >= 4 is 0 Å². The first kappa shape index (κ1) is 15.2. The fraction of sp³-hybridized carbons (Fsp3) is 1.00. The van der Waals surface area contributed by atoms with Crippen LogP contribution in [0.4, 0.5) is 0 Å². The third kappa shape index (κ3) is 4.71. The van der Waals surface area contributed by atoms with Gasteiger partial charge in [-0.15, -0.1) is 0 Å². The van der Waals surface area contributed by atoms with Crippen LogP contribution < -0.4 is 5.32 Å². The summed E-state index contributed by atoms with van der Waals surface area (Å²) in [6, 6.07) is 0. The second-order valence-corrected chi connectivity index (χ2v) is 6.44. The molecule has 2 fully saturated rings. The largest absolute Gasteiger partial charge is 0.381 e. The first-order valence-electron chi connectivity index (χ1n) is 7.73. The van der Waals surface area contributed by atoms with E-state index in [0.29, 0.717) is 5.41 Å². The Morgan fingerprint density at radius 1 is 1.21 bits per heavy atom. The number of nitrogens with zero attached hydrogens (tertiary/aromatic N) is 1. The quantitative estimate of drug-likeness (QED) is 0.790. The number of nitrogens with one attached hydrogen (secondary N) is 1. The molecule has 112 valence electrons. The Kier molecular flexibility index (Phi) is 6.07. The van der Waals surface area contributed by atoms with Crippen LogP contribution in [-0.4, -0.2) is 65.1 Å². The van der Waals surface area contributed by atoms with E-state index in [2.05, 4.69) is 24.3 Å². The summed E-state index contributed by atoms with van der Waals surface area (Å²) >= 11 is 0. The van der Waals surface area contributed by atoms with Crippen LogP contribution in [-0.2, 0) is 9.47 Å². The molecular formula is C15H30N2O2. The van der Waals surface area contributed by atoms with Crippen molar-refractivity contribution in [1.82, 2.24) is 10.2 Å². The van der Waals surface area contributed by atoms with Crippen molar-refractivity contribution in [2.24, 2.45) is 11.3 Å². The minimum Gasteiger partial charge on any atom is -0.381 e. The van der Waals surface area contributed by atoms with E-state index in [9.17, 15) is 0 Å². The lowest BCUT2D eigenvalue weighted by Gasteiger charge is -2.40. The van der Waals surface area contributed by atoms with Gasteiger partial charge in [0.25, 0.3) is 0 Å². The van der Waals surface area contributed by atoms with E-state index in [0.717, 1.165) is 45.4 Å². The molecule has 0 aromatic carbocycles. The monoisotopic (exact) mass is 270 g/mol. The highest BCUT2D eigenvalue weighted by Gasteiger charge is 2.33. The predicted molar refractivity (Wildman–Crippen MR) is 77.5 cm³/mol. The molecule has 2 saturated heterocycles. The molecule has 2 rings (SSSR count). The Morgan fingerprint density at radius 2 is 2.00 bits per heavy atom. The number of rotatable bonds is 6. The van der Waals surface area contributed by atoms with Gasteiger partial charge in [-0.05, 0) is 45.7 Å². The Balaban J connectivity index is 1.81. The Labute approximate surface area is 117 Å². The second-order valence-electron chi connectivity index (χ2n) is 6.44. The molecule has 0 aromatic heterocycles. The summed E-state index contributed by atoms with van der Waals surface area (Å²) in [5.74, 6) is 0.815. The zero-order chi connectivity index (χ0) is 13.6. The van der Waals surface area contributed by atoms with Gasteiger partial charge >= 0.3 is 0 Å². The molecule has 4 heteroatoms. The zero-order valence-electron chi connectivity index (χ0n) is 12.6. The molecule has 19 heavy (non-hydrogen) atoms. The van der Waals surface area contributed by atoms with E-state index in [4.69, 9.17) is 9.47 Å². The lowest BCUT2D eigenvalue weighted by Crippen LogP contribution is -2.48. The molecule has 1 unspecified atom stereocenters. The summed E-state index contributed by atoms with van der Waals surface area (Å²) in [6.07, 6.45) is 4.93. The summed E-state index contributed by atoms with van der Waals surface area (Å²) in [5, 5.41) is 3.36. The van der Waals surface area contributed by atoms with Gasteiger partial charge in [0.2, 0.25) is 0 Å². The number of hydrogen-bond acceptors (Lipinski definition) is 4. The van der Waals surface area contributed by atoms with Crippen molar-refractivity contribution in [3.05, 3.63) is 0 Å². The van der Waals surface area contributed by atoms with Gasteiger partial charge in [0.1, 0.15) is 0 Å². The summed E-state index contributed by atoms with van der Waals surface area (Å²) in [7, 11) is 4.32. The van der Waals surface area contributed by atoms with Crippen molar-refractivity contribution < 1.29 is 9.47 Å². The summed E-state index contributed by atoms with van der Waals surface area (Å²) < 4.78 is 11.2. The van der Waals surface area contributed by atoms with E-state index in [-0.39, 0.29) is 0 Å². The number of ether oxygens (including phenoxy) is 2. The van der Waals surface area contributed by atoms with Crippen molar-refractivity contribution in [2.75, 3.05) is 60.2 Å². The summed E-state index contributed by atoms with van der Waals surface area (Å²) in [4.78, 5) is 2.52. The molecule has 4 nitrogen and oxygen atoms in total. The Hall–Kier alpha value is -0.160. The fourth-order valence-corrected chi connectivity index (χ4v) is 3.61. The average molecular weight is 270 g/mol. The van der Waals surface area contributed by atoms with Crippen LogP contribution in [0, 0.1) is 11.3 Å². The van der Waals surface area contributed by atoms with Gasteiger partial charge in [-0.2, -0.15) is 0 Å². The van der Waals surface area contributed by atoms with Crippen LogP contribution in [0.2, 0.25) is 0 Å². The standard InChI is InChI=1S/C15H30N2O2/c1-16-11-15(6-3-7-19-13-15)12-17(2)10-14-4-8-18-9-5-14/h14,16H,3-13H2,1-2H3. The molecule has 0 saturated carbocycles. The highest BCUT2D eigenvalue weighted by molar-refractivity contribution is 4.86. The molecule has 0 bridgehead atoms. The Bertz CT molecular complexity index is 243. The average Bonchev–Trinajstić information content (AvgIpc) is 2.40. The van der Waals surface area contributed by atoms with Gasteiger partial charge in [0.15, 0.2) is 0 Å². The molecule has 0 amide bonds. The first-order chi connectivity index (χ1) is 9.24. The van der Waals surface area contributed by atoms with Gasteiger partial charge < -0.3 is 19.7 Å². The molecule has 1 atom stereocenters. The highest BCUT2D eigenvalue weighted by Crippen LogP contribution is 2.29. The van der Waals surface area contributed by atoms with Crippen LogP contribution >= 0.6 is 0 Å². The summed E-state index contributed by atoms with van der Waals surface area (Å²) in [5.41, 5.74) is 0.312. The van der Waals surface area contributed by atoms with E-state index in [1.54, 1.807) is 0 Å². The second kappa shape index (κ2) is 7.58. The van der Waals surface area contributed by atoms with Gasteiger partial charge in [-0.1, -0.05) is 0 Å². The van der Waals surface area contributed by atoms with Crippen LogP contribution in [0.15, 0.2) is 0 Å². The molecule has 0 spiro atoms. The van der Waals surface area contributed by atoms with E-state index in [1.165, 1.54) is 32.2 Å². The van der Waals surface area contributed by atoms with Crippen LogP contribution in [0.3, 0.4) is 0 Å². The minimum atomic E-state index is 0.312. The fourth-order valence-electron chi connectivity index (χ4n) is 3.61. The maximum atomic E-state index is 5.74. The lowest BCUT2D eigenvalue weighted by molar-refractivity contribution is -0.0265. The molecule has 0 aromatic rings. The molecule has 2 aliphatic heterocycles. The molecule has 2 aliphatic rings. The predicted octanol–water partition coefficient (Wildman–Crippen LogP) is 1.36. The van der Waals surface area contributed by atoms with Gasteiger partial charge in [-0.3, -0.25) is 0 Å². The van der Waals surface area contributed by atoms with Crippen LogP contribution in [0.5, 0.6) is 0 Å². The lowest BCUT2D eigenvalue weighted by atomic mass is 9.81. The highest BCUT2D eigenvalue weighted by atomic mass is 16.5. The molecule has 0 radical (unpaired) electrons. The Morgan fingerprint density at radius 3 is 2.63 bits per heavy atom. The molecule has 2 heterocycles. The normalized spacial score (nSPS) is 29.8.